The van der Waals surface area contributed by atoms with Crippen molar-refractivity contribution in [1.29, 1.82) is 0 Å². The molecule has 0 fully saturated rings. The highest BCUT2D eigenvalue weighted by Gasteiger charge is 2.34. The third kappa shape index (κ3) is 3.30. The topological polar surface area (TPSA) is 29.5 Å². The number of nitrogens with zero attached hydrogens (tertiary/aromatic N) is 1. The summed E-state index contributed by atoms with van der Waals surface area (Å²) in [5.41, 5.74) is 1.08. The maximum atomic E-state index is 12.5. The van der Waals surface area contributed by atoms with Crippen molar-refractivity contribution >= 4 is 6.09 Å². The Hall–Kier alpha value is -2.29. The molecule has 0 saturated carbocycles. The zero-order valence-corrected chi connectivity index (χ0v) is 13.6. The van der Waals surface area contributed by atoms with Gasteiger partial charge in [-0.3, -0.25) is 0 Å². The standard InChI is InChI=1S/C19H23NO2/c1-15(2)20(4)18(21)22-19(3,16-11-7-5-8-12-16)17-13-9-6-10-14-17/h5-15H,1-4H3. The predicted octanol–water partition coefficient (Wildman–Crippen LogP) is 4.43. The predicted molar refractivity (Wildman–Crippen MR) is 88.7 cm³/mol. The number of rotatable bonds is 4. The molecule has 0 saturated heterocycles. The fourth-order valence-corrected chi connectivity index (χ4v) is 2.25. The zero-order chi connectivity index (χ0) is 16.2. The molecule has 0 bridgehead atoms. The molecule has 3 heteroatoms. The summed E-state index contributed by atoms with van der Waals surface area (Å²) in [7, 11) is 1.75. The maximum Gasteiger partial charge on any atom is 0.410 e. The van der Waals surface area contributed by atoms with Crippen LogP contribution in [0.1, 0.15) is 31.9 Å². The van der Waals surface area contributed by atoms with Crippen LogP contribution in [-0.2, 0) is 10.3 Å². The smallest absolute Gasteiger partial charge is 0.410 e. The molecule has 0 aliphatic rings. The molecule has 0 radical (unpaired) electrons. The molecule has 0 unspecified atom stereocenters. The molecule has 0 aromatic heterocycles. The second-order valence-corrected chi connectivity index (χ2v) is 5.84. The van der Waals surface area contributed by atoms with Crippen LogP contribution in [0.4, 0.5) is 4.79 Å². The SMILES string of the molecule is CC(C)N(C)C(=O)OC(C)(c1ccccc1)c1ccccc1. The van der Waals surface area contributed by atoms with Crippen molar-refractivity contribution in [2.75, 3.05) is 7.05 Å². The van der Waals surface area contributed by atoms with Crippen molar-refractivity contribution in [1.82, 2.24) is 4.90 Å². The van der Waals surface area contributed by atoms with Crippen LogP contribution in [0.15, 0.2) is 60.7 Å². The van der Waals surface area contributed by atoms with Crippen molar-refractivity contribution in [3.05, 3.63) is 71.8 Å². The number of ether oxygens (including phenoxy) is 1. The Morgan fingerprint density at radius 1 is 0.955 bits per heavy atom. The maximum absolute atomic E-state index is 12.5. The van der Waals surface area contributed by atoms with Crippen LogP contribution >= 0.6 is 0 Å². The van der Waals surface area contributed by atoms with Gasteiger partial charge >= 0.3 is 6.09 Å². The van der Waals surface area contributed by atoms with Gasteiger partial charge in [-0.1, -0.05) is 60.7 Å². The number of carbonyl (C=O) groups excluding carboxylic acids is 1. The van der Waals surface area contributed by atoms with E-state index in [1.54, 1.807) is 11.9 Å². The summed E-state index contributed by atoms with van der Waals surface area (Å²) in [4.78, 5) is 14.1. The summed E-state index contributed by atoms with van der Waals surface area (Å²) in [6, 6.07) is 19.7. The molecule has 3 nitrogen and oxygen atoms in total. The number of carbonyl (C=O) groups is 1. The van der Waals surface area contributed by atoms with Crippen molar-refractivity contribution in [3.63, 3.8) is 0 Å². The van der Waals surface area contributed by atoms with Gasteiger partial charge in [0, 0.05) is 13.1 Å². The molecule has 0 spiro atoms. The van der Waals surface area contributed by atoms with Crippen molar-refractivity contribution in [3.8, 4) is 0 Å². The van der Waals surface area contributed by atoms with Gasteiger partial charge in [-0.2, -0.15) is 0 Å². The fraction of sp³-hybridized carbons (Fsp3) is 0.316. The molecule has 22 heavy (non-hydrogen) atoms. The van der Waals surface area contributed by atoms with Crippen LogP contribution in [0.25, 0.3) is 0 Å². The first-order valence-corrected chi connectivity index (χ1v) is 7.52. The Bertz CT molecular complexity index is 568. The summed E-state index contributed by atoms with van der Waals surface area (Å²) in [5, 5.41) is 0. The molecule has 2 aromatic rings. The lowest BCUT2D eigenvalue weighted by molar-refractivity contribution is 0.0241. The third-order valence-electron chi connectivity index (χ3n) is 4.00. The molecule has 0 aliphatic heterocycles. The van der Waals surface area contributed by atoms with E-state index >= 15 is 0 Å². The summed E-state index contributed by atoms with van der Waals surface area (Å²) in [6.45, 7) is 5.86. The highest BCUT2D eigenvalue weighted by Crippen LogP contribution is 2.33. The molecule has 0 aliphatic carbocycles. The number of benzene rings is 2. The number of hydrogen-bond donors (Lipinski definition) is 0. The van der Waals surface area contributed by atoms with Crippen LogP contribution in [0.3, 0.4) is 0 Å². The van der Waals surface area contributed by atoms with E-state index in [9.17, 15) is 4.79 Å². The Balaban J connectivity index is 2.41. The number of hydrogen-bond acceptors (Lipinski definition) is 2. The van der Waals surface area contributed by atoms with Crippen LogP contribution < -0.4 is 0 Å². The third-order valence-corrected chi connectivity index (χ3v) is 4.00. The lowest BCUT2D eigenvalue weighted by atomic mass is 9.88. The van der Waals surface area contributed by atoms with Gasteiger partial charge in [0.1, 0.15) is 0 Å². The molecule has 2 rings (SSSR count). The van der Waals surface area contributed by atoms with E-state index in [2.05, 4.69) is 0 Å². The largest absolute Gasteiger partial charge is 0.433 e. The summed E-state index contributed by atoms with van der Waals surface area (Å²) in [6.07, 6.45) is -0.329. The van der Waals surface area contributed by atoms with Gasteiger partial charge in [0.2, 0.25) is 0 Å². The normalized spacial score (nSPS) is 11.3. The highest BCUT2D eigenvalue weighted by atomic mass is 16.6. The molecule has 1 amide bonds. The fourth-order valence-electron chi connectivity index (χ4n) is 2.25. The molecule has 0 heterocycles. The Kier molecular flexibility index (Phi) is 4.86. The van der Waals surface area contributed by atoms with Crippen LogP contribution in [-0.4, -0.2) is 24.1 Å². The average molecular weight is 297 g/mol. The van der Waals surface area contributed by atoms with E-state index in [0.717, 1.165) is 11.1 Å². The molecular weight excluding hydrogens is 274 g/mol. The average Bonchev–Trinajstić information content (AvgIpc) is 2.55. The van der Waals surface area contributed by atoms with E-state index in [1.807, 2.05) is 81.4 Å². The Labute approximate surface area is 132 Å². The van der Waals surface area contributed by atoms with Crippen LogP contribution in [0, 0.1) is 0 Å². The zero-order valence-electron chi connectivity index (χ0n) is 13.6. The van der Waals surface area contributed by atoms with E-state index in [1.165, 1.54) is 0 Å². The summed E-state index contributed by atoms with van der Waals surface area (Å²) >= 11 is 0. The van der Waals surface area contributed by atoms with Crippen molar-refractivity contribution in [2.45, 2.75) is 32.4 Å². The molecule has 116 valence electrons. The minimum absolute atomic E-state index is 0.0864. The first-order valence-electron chi connectivity index (χ1n) is 7.52. The molecule has 2 aromatic carbocycles. The second kappa shape index (κ2) is 6.65. The Morgan fingerprint density at radius 3 is 1.73 bits per heavy atom. The highest BCUT2D eigenvalue weighted by molar-refractivity contribution is 5.69. The van der Waals surface area contributed by atoms with Crippen LogP contribution in [0.2, 0.25) is 0 Å². The van der Waals surface area contributed by atoms with E-state index < -0.39 is 5.60 Å². The van der Waals surface area contributed by atoms with Gasteiger partial charge in [-0.05, 0) is 31.9 Å². The van der Waals surface area contributed by atoms with E-state index in [-0.39, 0.29) is 12.1 Å². The quantitative estimate of drug-likeness (QED) is 0.835. The minimum atomic E-state index is -0.817. The monoisotopic (exact) mass is 297 g/mol. The first kappa shape index (κ1) is 16.1. The summed E-state index contributed by atoms with van der Waals surface area (Å²) < 4.78 is 5.92. The summed E-state index contributed by atoms with van der Waals surface area (Å²) in [5.74, 6) is 0. The van der Waals surface area contributed by atoms with Gasteiger partial charge in [-0.15, -0.1) is 0 Å². The van der Waals surface area contributed by atoms with E-state index in [0.29, 0.717) is 0 Å². The minimum Gasteiger partial charge on any atom is -0.433 e. The lowest BCUT2D eigenvalue weighted by Crippen LogP contribution is -2.40. The van der Waals surface area contributed by atoms with Gasteiger partial charge < -0.3 is 9.64 Å². The second-order valence-electron chi connectivity index (χ2n) is 5.84. The Morgan fingerprint density at radius 2 is 1.36 bits per heavy atom. The van der Waals surface area contributed by atoms with E-state index in [4.69, 9.17) is 4.74 Å². The molecule has 0 N–H and O–H groups in total. The van der Waals surface area contributed by atoms with Gasteiger partial charge in [-0.25, -0.2) is 4.79 Å². The van der Waals surface area contributed by atoms with Gasteiger partial charge in [0.25, 0.3) is 0 Å². The molecule has 0 atom stereocenters. The van der Waals surface area contributed by atoms with Crippen molar-refractivity contribution in [2.24, 2.45) is 0 Å². The lowest BCUT2D eigenvalue weighted by Gasteiger charge is -2.33. The van der Waals surface area contributed by atoms with Gasteiger partial charge in [0.15, 0.2) is 5.60 Å². The van der Waals surface area contributed by atoms with Crippen LogP contribution in [0.5, 0.6) is 0 Å². The van der Waals surface area contributed by atoms with Crippen molar-refractivity contribution < 1.29 is 9.53 Å². The first-order chi connectivity index (χ1) is 10.4. The number of amides is 1. The molecular formula is C19H23NO2. The van der Waals surface area contributed by atoms with Gasteiger partial charge in [0.05, 0.1) is 0 Å².